The summed E-state index contributed by atoms with van der Waals surface area (Å²) in [7, 11) is 0. The van der Waals surface area contributed by atoms with E-state index < -0.39 is 0 Å². The number of rotatable bonds is 6. The van der Waals surface area contributed by atoms with E-state index in [0.717, 1.165) is 54.8 Å². The van der Waals surface area contributed by atoms with Crippen LogP contribution in [-0.4, -0.2) is 48.6 Å². The summed E-state index contributed by atoms with van der Waals surface area (Å²) in [6.07, 6.45) is 1.00. The lowest BCUT2D eigenvalue weighted by Gasteiger charge is -2.26. The Labute approximate surface area is 166 Å². The molecule has 7 heteroatoms. The van der Waals surface area contributed by atoms with Gasteiger partial charge in [-0.3, -0.25) is 9.69 Å². The largest absolute Gasteiger partial charge is 0.379 e. The molecule has 4 rings (SSSR count). The van der Waals surface area contributed by atoms with Crippen molar-refractivity contribution in [3.05, 3.63) is 58.4 Å². The molecule has 27 heavy (non-hydrogen) atoms. The number of anilines is 1. The minimum Gasteiger partial charge on any atom is -0.379 e. The lowest BCUT2D eigenvalue weighted by atomic mass is 10.1. The second-order valence-corrected chi connectivity index (χ2v) is 8.18. The number of thiazole rings is 1. The van der Waals surface area contributed by atoms with Crippen LogP contribution < -0.4 is 5.32 Å². The molecular weight excluding hydrogens is 378 g/mol. The number of nitrogens with one attached hydrogen (secondary N) is 1. The van der Waals surface area contributed by atoms with Crippen molar-refractivity contribution in [3.63, 3.8) is 0 Å². The molecule has 0 radical (unpaired) electrons. The van der Waals surface area contributed by atoms with Gasteiger partial charge in [-0.2, -0.15) is 0 Å². The lowest BCUT2D eigenvalue weighted by Crippen LogP contribution is -2.37. The molecule has 1 aromatic carbocycles. The molecule has 1 fully saturated rings. The molecule has 5 nitrogen and oxygen atoms in total. The second kappa shape index (κ2) is 8.75. The molecule has 1 aliphatic heterocycles. The van der Waals surface area contributed by atoms with Crippen molar-refractivity contribution in [1.82, 2.24) is 9.88 Å². The molecule has 2 aromatic heterocycles. The van der Waals surface area contributed by atoms with Crippen LogP contribution in [-0.2, 0) is 11.2 Å². The molecular formula is C20H21N3O2S2. The third-order valence-corrected chi connectivity index (χ3v) is 6.38. The van der Waals surface area contributed by atoms with Crippen LogP contribution in [0, 0.1) is 0 Å². The van der Waals surface area contributed by atoms with E-state index in [-0.39, 0.29) is 5.91 Å². The van der Waals surface area contributed by atoms with E-state index in [1.807, 2.05) is 29.6 Å². The van der Waals surface area contributed by atoms with Crippen molar-refractivity contribution >= 4 is 34.3 Å². The van der Waals surface area contributed by atoms with Gasteiger partial charge in [-0.1, -0.05) is 18.2 Å². The summed E-state index contributed by atoms with van der Waals surface area (Å²) >= 11 is 3.12. The number of morpholine rings is 1. The maximum absolute atomic E-state index is 12.4. The highest BCUT2D eigenvalue weighted by Gasteiger charge is 2.13. The van der Waals surface area contributed by atoms with Crippen molar-refractivity contribution in [1.29, 1.82) is 0 Å². The molecule has 3 heterocycles. The minimum absolute atomic E-state index is 0.171. The SMILES string of the molecule is O=C(Nc1ccc(CCN2CCOCC2)cc1)c1csc(-c2cccs2)n1. The van der Waals surface area contributed by atoms with Crippen LogP contribution in [0.15, 0.2) is 47.2 Å². The molecule has 140 valence electrons. The molecule has 3 aromatic rings. The van der Waals surface area contributed by atoms with Crippen LogP contribution in [0.2, 0.25) is 0 Å². The summed E-state index contributed by atoms with van der Waals surface area (Å²) in [5, 5.41) is 7.63. The smallest absolute Gasteiger partial charge is 0.275 e. The van der Waals surface area contributed by atoms with Gasteiger partial charge >= 0.3 is 0 Å². The summed E-state index contributed by atoms with van der Waals surface area (Å²) in [6.45, 7) is 4.72. The fourth-order valence-electron chi connectivity index (χ4n) is 2.95. The van der Waals surface area contributed by atoms with Gasteiger partial charge in [-0.15, -0.1) is 22.7 Å². The fraction of sp³-hybridized carbons (Fsp3) is 0.300. The molecule has 1 saturated heterocycles. The Morgan fingerprint density at radius 1 is 1.15 bits per heavy atom. The molecule has 0 atom stereocenters. The van der Waals surface area contributed by atoms with E-state index in [2.05, 4.69) is 27.3 Å². The first-order valence-electron chi connectivity index (χ1n) is 8.98. The third-order valence-electron chi connectivity index (χ3n) is 4.50. The summed E-state index contributed by atoms with van der Waals surface area (Å²) in [5.41, 5.74) is 2.52. The van der Waals surface area contributed by atoms with Crippen LogP contribution in [0.1, 0.15) is 16.1 Å². The van der Waals surface area contributed by atoms with E-state index >= 15 is 0 Å². The Morgan fingerprint density at radius 3 is 2.70 bits per heavy atom. The molecule has 0 saturated carbocycles. The van der Waals surface area contributed by atoms with Gasteiger partial charge in [0.1, 0.15) is 10.7 Å². The Bertz CT molecular complexity index is 869. The lowest BCUT2D eigenvalue weighted by molar-refractivity contribution is 0.0384. The van der Waals surface area contributed by atoms with Gasteiger partial charge in [0.2, 0.25) is 0 Å². The summed E-state index contributed by atoms with van der Waals surface area (Å²) < 4.78 is 5.38. The maximum Gasteiger partial charge on any atom is 0.275 e. The summed E-state index contributed by atoms with van der Waals surface area (Å²) in [4.78, 5) is 20.4. The minimum atomic E-state index is -0.171. The number of thiophene rings is 1. The fourth-order valence-corrected chi connectivity index (χ4v) is 4.57. The number of hydrogen-bond donors (Lipinski definition) is 1. The highest BCUT2D eigenvalue weighted by atomic mass is 32.1. The normalized spacial score (nSPS) is 15.0. The van der Waals surface area contributed by atoms with E-state index in [0.29, 0.717) is 5.69 Å². The van der Waals surface area contributed by atoms with Gasteiger partial charge in [0.25, 0.3) is 5.91 Å². The Balaban J connectivity index is 1.32. The highest BCUT2D eigenvalue weighted by Crippen LogP contribution is 2.28. The van der Waals surface area contributed by atoms with Crippen molar-refractivity contribution in [2.75, 3.05) is 38.2 Å². The molecule has 1 aliphatic rings. The first-order chi connectivity index (χ1) is 13.3. The van der Waals surface area contributed by atoms with Crippen molar-refractivity contribution < 1.29 is 9.53 Å². The molecule has 1 N–H and O–H groups in total. The number of ether oxygens (including phenoxy) is 1. The Morgan fingerprint density at radius 2 is 1.96 bits per heavy atom. The van der Waals surface area contributed by atoms with Crippen molar-refractivity contribution in [2.24, 2.45) is 0 Å². The van der Waals surface area contributed by atoms with Crippen LogP contribution in [0.25, 0.3) is 9.88 Å². The van der Waals surface area contributed by atoms with Crippen molar-refractivity contribution in [2.45, 2.75) is 6.42 Å². The van der Waals surface area contributed by atoms with Gasteiger partial charge in [-0.05, 0) is 35.6 Å². The predicted octanol–water partition coefficient (Wildman–Crippen LogP) is 4.00. The Hall–Kier alpha value is -2.06. The van der Waals surface area contributed by atoms with E-state index in [9.17, 15) is 4.79 Å². The molecule has 1 amide bonds. The van der Waals surface area contributed by atoms with Gasteiger partial charge in [-0.25, -0.2) is 4.98 Å². The summed E-state index contributed by atoms with van der Waals surface area (Å²) in [6, 6.07) is 12.1. The number of carbonyl (C=O) groups is 1. The first kappa shape index (κ1) is 18.3. The number of amides is 1. The number of hydrogen-bond acceptors (Lipinski definition) is 6. The zero-order valence-corrected chi connectivity index (χ0v) is 16.5. The average Bonchev–Trinajstić information content (AvgIpc) is 3.40. The zero-order chi connectivity index (χ0) is 18.5. The van der Waals surface area contributed by atoms with Gasteiger partial charge < -0.3 is 10.1 Å². The summed E-state index contributed by atoms with van der Waals surface area (Å²) in [5.74, 6) is -0.171. The van der Waals surface area contributed by atoms with E-state index in [4.69, 9.17) is 4.74 Å². The highest BCUT2D eigenvalue weighted by molar-refractivity contribution is 7.20. The average molecular weight is 400 g/mol. The quantitative estimate of drug-likeness (QED) is 0.681. The monoisotopic (exact) mass is 399 g/mol. The molecule has 0 aliphatic carbocycles. The standard InChI is InChI=1S/C20H21N3O2S2/c24-19(17-14-27-20(22-17)18-2-1-13-26-18)21-16-5-3-15(4-6-16)7-8-23-9-11-25-12-10-23/h1-6,13-14H,7-12H2,(H,21,24). The van der Waals surface area contributed by atoms with Gasteiger partial charge in [0.15, 0.2) is 0 Å². The molecule has 0 spiro atoms. The Kier molecular flexibility index (Phi) is 5.94. The number of aromatic nitrogens is 1. The van der Waals surface area contributed by atoms with E-state index in [1.165, 1.54) is 16.9 Å². The van der Waals surface area contributed by atoms with Crippen LogP contribution in [0.3, 0.4) is 0 Å². The topological polar surface area (TPSA) is 54.5 Å². The maximum atomic E-state index is 12.4. The zero-order valence-electron chi connectivity index (χ0n) is 14.9. The number of benzene rings is 1. The van der Waals surface area contributed by atoms with Gasteiger partial charge in [0, 0.05) is 30.7 Å². The predicted molar refractivity (Wildman–Crippen MR) is 111 cm³/mol. The van der Waals surface area contributed by atoms with E-state index in [1.54, 1.807) is 16.7 Å². The third kappa shape index (κ3) is 4.81. The molecule has 0 bridgehead atoms. The first-order valence-corrected chi connectivity index (χ1v) is 10.7. The van der Waals surface area contributed by atoms with Crippen LogP contribution in [0.4, 0.5) is 5.69 Å². The van der Waals surface area contributed by atoms with Crippen LogP contribution >= 0.6 is 22.7 Å². The molecule has 0 unspecified atom stereocenters. The number of nitrogens with zero attached hydrogens (tertiary/aromatic N) is 2. The van der Waals surface area contributed by atoms with Crippen molar-refractivity contribution in [3.8, 4) is 9.88 Å². The van der Waals surface area contributed by atoms with Crippen LogP contribution in [0.5, 0.6) is 0 Å². The van der Waals surface area contributed by atoms with Gasteiger partial charge in [0.05, 0.1) is 18.1 Å². The number of carbonyl (C=O) groups excluding carboxylic acids is 1. The second-order valence-electron chi connectivity index (χ2n) is 6.37.